The van der Waals surface area contributed by atoms with Crippen LogP contribution in [-0.2, 0) is 0 Å². The zero-order valence-electron chi connectivity index (χ0n) is 12.4. The van der Waals surface area contributed by atoms with Crippen molar-refractivity contribution < 1.29 is 9.53 Å². The van der Waals surface area contributed by atoms with Gasteiger partial charge in [0.2, 0.25) is 0 Å². The second kappa shape index (κ2) is 7.88. The quantitative estimate of drug-likeness (QED) is 0.541. The Morgan fingerprint density at radius 1 is 1.15 bits per heavy atom. The highest BCUT2D eigenvalue weighted by Crippen LogP contribution is 2.22. The Balaban J connectivity index is 1.98. The molecule has 0 saturated heterocycles. The first-order valence-electron chi connectivity index (χ1n) is 7.78. The summed E-state index contributed by atoms with van der Waals surface area (Å²) in [6.07, 6.45) is 9.86. The third kappa shape index (κ3) is 4.22. The molecule has 0 heterocycles. The molecule has 2 nitrogen and oxygen atoms in total. The Kier molecular flexibility index (Phi) is 5.85. The van der Waals surface area contributed by atoms with Crippen LogP contribution in [-0.4, -0.2) is 12.4 Å². The van der Waals surface area contributed by atoms with Crippen LogP contribution in [0.3, 0.4) is 0 Å². The first kappa shape index (κ1) is 14.8. The Morgan fingerprint density at radius 3 is 2.70 bits per heavy atom. The Bertz CT molecular complexity index is 457. The van der Waals surface area contributed by atoms with E-state index < -0.39 is 0 Å². The van der Waals surface area contributed by atoms with Crippen LogP contribution in [0.2, 0.25) is 0 Å². The van der Waals surface area contributed by atoms with Crippen LogP contribution in [0.4, 0.5) is 0 Å². The number of ketones is 1. The number of Topliss-reactive ketones (excluding diaryl/α,β-unsaturated/α-hetero) is 1. The highest BCUT2D eigenvalue weighted by molar-refractivity contribution is 6.08. The average Bonchev–Trinajstić information content (AvgIpc) is 2.77. The van der Waals surface area contributed by atoms with Gasteiger partial charge in [0.15, 0.2) is 5.78 Å². The van der Waals surface area contributed by atoms with E-state index >= 15 is 0 Å². The predicted octanol–water partition coefficient (Wildman–Crippen LogP) is 4.94. The molecule has 0 N–H and O–H groups in total. The maximum absolute atomic E-state index is 12.4. The van der Waals surface area contributed by atoms with Crippen molar-refractivity contribution in [2.45, 2.75) is 51.9 Å². The maximum Gasteiger partial charge on any atom is 0.188 e. The summed E-state index contributed by atoms with van der Waals surface area (Å²) in [7, 11) is 0. The van der Waals surface area contributed by atoms with E-state index in [0.717, 1.165) is 55.6 Å². The third-order valence-corrected chi connectivity index (χ3v) is 3.72. The lowest BCUT2D eigenvalue weighted by Crippen LogP contribution is -2.03. The molecule has 2 heteroatoms. The van der Waals surface area contributed by atoms with Crippen LogP contribution in [0, 0.1) is 0 Å². The van der Waals surface area contributed by atoms with Gasteiger partial charge in [-0.05, 0) is 61.9 Å². The summed E-state index contributed by atoms with van der Waals surface area (Å²) in [6, 6.07) is 7.57. The highest BCUT2D eigenvalue weighted by Gasteiger charge is 2.13. The van der Waals surface area contributed by atoms with Crippen molar-refractivity contribution in [3.05, 3.63) is 41.5 Å². The summed E-state index contributed by atoms with van der Waals surface area (Å²) in [6.45, 7) is 2.89. The average molecular weight is 272 g/mol. The molecule has 0 bridgehead atoms. The van der Waals surface area contributed by atoms with Crippen molar-refractivity contribution in [2.24, 2.45) is 0 Å². The molecule has 0 aliphatic heterocycles. The van der Waals surface area contributed by atoms with Gasteiger partial charge in [-0.3, -0.25) is 4.79 Å². The fourth-order valence-corrected chi connectivity index (χ4v) is 2.44. The van der Waals surface area contributed by atoms with E-state index in [1.165, 1.54) is 12.8 Å². The van der Waals surface area contributed by atoms with Gasteiger partial charge in [0.05, 0.1) is 6.61 Å². The van der Waals surface area contributed by atoms with Crippen molar-refractivity contribution in [1.29, 1.82) is 0 Å². The van der Waals surface area contributed by atoms with E-state index in [2.05, 4.69) is 13.0 Å². The van der Waals surface area contributed by atoms with Gasteiger partial charge in [-0.15, -0.1) is 0 Å². The van der Waals surface area contributed by atoms with Gasteiger partial charge in [0.25, 0.3) is 0 Å². The van der Waals surface area contributed by atoms with Crippen LogP contribution < -0.4 is 4.74 Å². The molecule has 0 amide bonds. The minimum absolute atomic E-state index is 0.187. The smallest absolute Gasteiger partial charge is 0.188 e. The number of carbonyl (C=O) groups excluding carboxylic acids is 1. The number of benzene rings is 1. The second-order valence-electron chi connectivity index (χ2n) is 5.38. The molecular weight excluding hydrogens is 248 g/mol. The normalized spacial score (nSPS) is 15.3. The van der Waals surface area contributed by atoms with E-state index in [1.54, 1.807) is 0 Å². The standard InChI is InChI=1S/C18H24O2/c1-2-3-14-20-17-12-10-16(11-13-17)18(19)15-8-6-4-5-7-9-15/h8,10-13H,2-7,9,14H2,1H3. The van der Waals surface area contributed by atoms with E-state index in [1.807, 2.05) is 24.3 Å². The summed E-state index contributed by atoms with van der Waals surface area (Å²) in [5, 5.41) is 0. The van der Waals surface area contributed by atoms with Crippen molar-refractivity contribution in [2.75, 3.05) is 6.61 Å². The van der Waals surface area contributed by atoms with E-state index in [9.17, 15) is 4.79 Å². The minimum atomic E-state index is 0.187. The van der Waals surface area contributed by atoms with Crippen LogP contribution in [0.25, 0.3) is 0 Å². The monoisotopic (exact) mass is 272 g/mol. The topological polar surface area (TPSA) is 26.3 Å². The Hall–Kier alpha value is -1.57. The molecule has 2 rings (SSSR count). The van der Waals surface area contributed by atoms with Crippen molar-refractivity contribution in [3.8, 4) is 5.75 Å². The van der Waals surface area contributed by atoms with Crippen LogP contribution in [0.5, 0.6) is 5.75 Å². The Labute approximate surface area is 121 Å². The van der Waals surface area contributed by atoms with Crippen molar-refractivity contribution in [3.63, 3.8) is 0 Å². The molecule has 20 heavy (non-hydrogen) atoms. The molecule has 0 fully saturated rings. The molecular formula is C18H24O2. The molecule has 1 aliphatic rings. The molecule has 1 aromatic rings. The second-order valence-corrected chi connectivity index (χ2v) is 5.38. The zero-order valence-corrected chi connectivity index (χ0v) is 12.4. The highest BCUT2D eigenvalue weighted by atomic mass is 16.5. The van der Waals surface area contributed by atoms with Crippen LogP contribution >= 0.6 is 0 Å². The molecule has 108 valence electrons. The number of ether oxygens (including phenoxy) is 1. The SMILES string of the molecule is CCCCOc1ccc(C(=O)C2=CCCCCC2)cc1. The van der Waals surface area contributed by atoms with Gasteiger partial charge in [-0.2, -0.15) is 0 Å². The maximum atomic E-state index is 12.4. The number of carbonyl (C=O) groups is 1. The van der Waals surface area contributed by atoms with E-state index in [0.29, 0.717) is 0 Å². The summed E-state index contributed by atoms with van der Waals surface area (Å²) in [4.78, 5) is 12.4. The third-order valence-electron chi connectivity index (χ3n) is 3.72. The lowest BCUT2D eigenvalue weighted by atomic mass is 9.99. The van der Waals surface area contributed by atoms with Gasteiger partial charge in [-0.1, -0.05) is 25.8 Å². The van der Waals surface area contributed by atoms with Crippen LogP contribution in [0.1, 0.15) is 62.2 Å². The molecule has 1 aliphatic carbocycles. The van der Waals surface area contributed by atoms with Gasteiger partial charge < -0.3 is 4.74 Å². The molecule has 1 aromatic carbocycles. The van der Waals surface area contributed by atoms with Gasteiger partial charge in [0, 0.05) is 5.56 Å². The number of hydrogen-bond donors (Lipinski definition) is 0. The first-order chi connectivity index (χ1) is 9.81. The predicted molar refractivity (Wildman–Crippen MR) is 82.3 cm³/mol. The molecule has 0 radical (unpaired) electrons. The number of rotatable bonds is 6. The fourth-order valence-electron chi connectivity index (χ4n) is 2.44. The lowest BCUT2D eigenvalue weighted by molar-refractivity contribution is 0.103. The number of unbranched alkanes of at least 4 members (excludes halogenated alkanes) is 1. The van der Waals surface area contributed by atoms with Gasteiger partial charge >= 0.3 is 0 Å². The lowest BCUT2D eigenvalue weighted by Gasteiger charge is -2.07. The molecule has 0 spiro atoms. The van der Waals surface area contributed by atoms with Crippen LogP contribution in [0.15, 0.2) is 35.9 Å². The van der Waals surface area contributed by atoms with Crippen molar-refractivity contribution in [1.82, 2.24) is 0 Å². The fraction of sp³-hybridized carbons (Fsp3) is 0.500. The molecule has 0 saturated carbocycles. The van der Waals surface area contributed by atoms with Crippen molar-refractivity contribution >= 4 is 5.78 Å². The molecule has 0 aromatic heterocycles. The summed E-state index contributed by atoms with van der Waals surface area (Å²) >= 11 is 0. The number of allylic oxidation sites excluding steroid dienone is 2. The zero-order chi connectivity index (χ0) is 14.2. The molecule has 0 unspecified atom stereocenters. The summed E-state index contributed by atoms with van der Waals surface area (Å²) in [5.41, 5.74) is 1.77. The largest absolute Gasteiger partial charge is 0.494 e. The summed E-state index contributed by atoms with van der Waals surface area (Å²) in [5.74, 6) is 1.04. The van der Waals surface area contributed by atoms with E-state index in [4.69, 9.17) is 4.74 Å². The first-order valence-corrected chi connectivity index (χ1v) is 7.78. The summed E-state index contributed by atoms with van der Waals surface area (Å²) < 4.78 is 5.62. The minimum Gasteiger partial charge on any atom is -0.494 e. The Morgan fingerprint density at radius 2 is 1.95 bits per heavy atom. The van der Waals surface area contributed by atoms with Gasteiger partial charge in [-0.25, -0.2) is 0 Å². The molecule has 0 atom stereocenters. The van der Waals surface area contributed by atoms with Gasteiger partial charge in [0.1, 0.15) is 5.75 Å². The van der Waals surface area contributed by atoms with E-state index in [-0.39, 0.29) is 5.78 Å². The number of hydrogen-bond acceptors (Lipinski definition) is 2.